The summed E-state index contributed by atoms with van der Waals surface area (Å²) in [5.41, 5.74) is 1.21. The summed E-state index contributed by atoms with van der Waals surface area (Å²) in [4.78, 5) is 12.9. The molecule has 2 rings (SSSR count). The van der Waals surface area contributed by atoms with Gasteiger partial charge in [0.05, 0.1) is 16.0 Å². The van der Waals surface area contributed by atoms with Crippen molar-refractivity contribution in [3.05, 3.63) is 66.2 Å². The molecule has 3 nitrogen and oxygen atoms in total. The molecule has 0 saturated heterocycles. The smallest absolute Gasteiger partial charge is 0.232 e. The number of thioether (sulfide) groups is 1. The molecule has 0 fully saturated rings. The van der Waals surface area contributed by atoms with E-state index in [1.807, 2.05) is 55.5 Å². The molecule has 0 aromatic heterocycles. The molecule has 2 aromatic carbocycles. The zero-order chi connectivity index (χ0) is 16.5. The van der Waals surface area contributed by atoms with E-state index in [2.05, 4.69) is 17.4 Å². The summed E-state index contributed by atoms with van der Waals surface area (Å²) in [7, 11) is -1.07. The zero-order valence-electron chi connectivity index (χ0n) is 13.1. The molecule has 0 saturated carbocycles. The Morgan fingerprint density at radius 1 is 1.09 bits per heavy atom. The van der Waals surface area contributed by atoms with Crippen LogP contribution in [-0.2, 0) is 21.3 Å². The molecule has 1 amide bonds. The Hall–Kier alpha value is -1.59. The maximum Gasteiger partial charge on any atom is 0.232 e. The van der Waals surface area contributed by atoms with Gasteiger partial charge in [-0.2, -0.15) is 0 Å². The average molecular weight is 348 g/mol. The number of rotatable bonds is 8. The van der Waals surface area contributed by atoms with Gasteiger partial charge in [-0.25, -0.2) is 0 Å². The van der Waals surface area contributed by atoms with Gasteiger partial charge < -0.3 is 5.32 Å². The van der Waals surface area contributed by atoms with E-state index in [4.69, 9.17) is 0 Å². The molecule has 2 aromatic rings. The maximum absolute atomic E-state index is 12.1. The van der Waals surface area contributed by atoms with Crippen LogP contribution >= 0.6 is 11.8 Å². The first-order valence-electron chi connectivity index (χ1n) is 7.53. The minimum absolute atomic E-state index is 0.00371. The molecule has 0 aliphatic carbocycles. The molecular formula is C18H21NO2S2. The number of hydrogen-bond donors (Lipinski definition) is 1. The number of benzene rings is 2. The van der Waals surface area contributed by atoms with Crippen LogP contribution in [0.4, 0.5) is 0 Å². The van der Waals surface area contributed by atoms with Crippen molar-refractivity contribution in [3.8, 4) is 0 Å². The van der Waals surface area contributed by atoms with Gasteiger partial charge in [-0.05, 0) is 24.6 Å². The third kappa shape index (κ3) is 6.20. The van der Waals surface area contributed by atoms with Crippen LogP contribution in [0.1, 0.15) is 12.5 Å². The van der Waals surface area contributed by atoms with Crippen LogP contribution in [0.2, 0.25) is 0 Å². The van der Waals surface area contributed by atoms with Gasteiger partial charge in [0.2, 0.25) is 5.91 Å². The van der Waals surface area contributed by atoms with E-state index in [1.165, 1.54) is 5.56 Å². The lowest BCUT2D eigenvalue weighted by molar-refractivity contribution is -0.120. The van der Waals surface area contributed by atoms with Crippen LogP contribution in [0, 0.1) is 0 Å². The standard InChI is InChI=1S/C18H21NO2S2/c1-15(22-14-16-8-4-2-5-9-16)18(20)19-12-13-23(21)17-10-6-3-7-11-17/h2-11,15H,12-14H2,1H3,(H,19,20)/t15-,23-/m1/s1. The Morgan fingerprint density at radius 2 is 1.70 bits per heavy atom. The fraction of sp³-hybridized carbons (Fsp3) is 0.278. The van der Waals surface area contributed by atoms with Gasteiger partial charge in [0.25, 0.3) is 0 Å². The maximum atomic E-state index is 12.1. The molecule has 0 heterocycles. The molecule has 0 aliphatic heterocycles. The molecule has 5 heteroatoms. The fourth-order valence-electron chi connectivity index (χ4n) is 1.97. The third-order valence-corrected chi connectivity index (χ3v) is 5.89. The highest BCUT2D eigenvalue weighted by atomic mass is 32.2. The van der Waals surface area contributed by atoms with Crippen LogP contribution in [0.15, 0.2) is 65.6 Å². The molecule has 0 radical (unpaired) electrons. The summed E-state index contributed by atoms with van der Waals surface area (Å²) in [5, 5.41) is 2.74. The predicted octanol–water partition coefficient (Wildman–Crippen LogP) is 3.23. The van der Waals surface area contributed by atoms with E-state index in [1.54, 1.807) is 11.8 Å². The van der Waals surface area contributed by atoms with Crippen molar-refractivity contribution in [1.82, 2.24) is 5.32 Å². The van der Waals surface area contributed by atoms with Gasteiger partial charge in [0.1, 0.15) is 0 Å². The van der Waals surface area contributed by atoms with E-state index in [0.717, 1.165) is 10.6 Å². The second kappa shape index (κ2) is 9.53. The molecule has 0 unspecified atom stereocenters. The molecule has 122 valence electrons. The lowest BCUT2D eigenvalue weighted by atomic mass is 10.2. The summed E-state index contributed by atoms with van der Waals surface area (Å²) in [6.45, 7) is 2.33. The van der Waals surface area contributed by atoms with Gasteiger partial charge >= 0.3 is 0 Å². The highest BCUT2D eigenvalue weighted by Crippen LogP contribution is 2.17. The molecular weight excluding hydrogens is 326 g/mol. The van der Waals surface area contributed by atoms with Crippen LogP contribution < -0.4 is 5.32 Å². The van der Waals surface area contributed by atoms with Crippen molar-refractivity contribution in [2.24, 2.45) is 0 Å². The lowest BCUT2D eigenvalue weighted by Gasteiger charge is -2.12. The molecule has 0 aliphatic rings. The van der Waals surface area contributed by atoms with Crippen molar-refractivity contribution in [2.75, 3.05) is 12.3 Å². The largest absolute Gasteiger partial charge is 0.354 e. The van der Waals surface area contributed by atoms with E-state index in [9.17, 15) is 9.00 Å². The second-order valence-corrected chi connectivity index (χ2v) is 7.99. The first kappa shape index (κ1) is 17.8. The number of amides is 1. The summed E-state index contributed by atoms with van der Waals surface area (Å²) < 4.78 is 12.1. The van der Waals surface area contributed by atoms with Crippen molar-refractivity contribution < 1.29 is 9.00 Å². The fourth-order valence-corrected chi connectivity index (χ4v) is 3.83. The third-order valence-electron chi connectivity index (χ3n) is 3.30. The minimum Gasteiger partial charge on any atom is -0.354 e. The van der Waals surface area contributed by atoms with E-state index < -0.39 is 10.8 Å². The van der Waals surface area contributed by atoms with E-state index in [-0.39, 0.29) is 11.2 Å². The van der Waals surface area contributed by atoms with Crippen LogP contribution in [0.25, 0.3) is 0 Å². The summed E-state index contributed by atoms with van der Waals surface area (Å²) in [6, 6.07) is 19.4. The number of hydrogen-bond acceptors (Lipinski definition) is 3. The topological polar surface area (TPSA) is 46.2 Å². The molecule has 1 N–H and O–H groups in total. The van der Waals surface area contributed by atoms with Crippen molar-refractivity contribution in [1.29, 1.82) is 0 Å². The Balaban J connectivity index is 1.69. The minimum atomic E-state index is -1.07. The molecule has 0 bridgehead atoms. The van der Waals surface area contributed by atoms with E-state index in [0.29, 0.717) is 12.3 Å². The monoisotopic (exact) mass is 347 g/mol. The van der Waals surface area contributed by atoms with Gasteiger partial charge in [-0.1, -0.05) is 48.5 Å². The molecule has 2 atom stereocenters. The van der Waals surface area contributed by atoms with Crippen LogP contribution in [0.5, 0.6) is 0 Å². The van der Waals surface area contributed by atoms with Crippen LogP contribution in [-0.4, -0.2) is 27.7 Å². The molecule has 23 heavy (non-hydrogen) atoms. The SMILES string of the molecule is C[C@@H](SCc1ccccc1)C(=O)NCC[S@@](=O)c1ccccc1. The van der Waals surface area contributed by atoms with E-state index >= 15 is 0 Å². The summed E-state index contributed by atoms with van der Waals surface area (Å²) in [5.74, 6) is 1.24. The summed E-state index contributed by atoms with van der Waals surface area (Å²) in [6.07, 6.45) is 0. The first-order chi connectivity index (χ1) is 11.2. The van der Waals surface area contributed by atoms with Crippen molar-refractivity contribution >= 4 is 28.5 Å². The van der Waals surface area contributed by atoms with Crippen molar-refractivity contribution in [3.63, 3.8) is 0 Å². The Morgan fingerprint density at radius 3 is 2.35 bits per heavy atom. The van der Waals surface area contributed by atoms with Crippen molar-refractivity contribution in [2.45, 2.75) is 22.8 Å². The van der Waals surface area contributed by atoms with Gasteiger partial charge in [0.15, 0.2) is 0 Å². The van der Waals surface area contributed by atoms with Crippen LogP contribution in [0.3, 0.4) is 0 Å². The average Bonchev–Trinajstić information content (AvgIpc) is 2.61. The van der Waals surface area contributed by atoms with Gasteiger partial charge in [-0.15, -0.1) is 11.8 Å². The number of carbonyl (C=O) groups is 1. The van der Waals surface area contributed by atoms with Gasteiger partial charge in [0, 0.05) is 22.9 Å². The predicted molar refractivity (Wildman–Crippen MR) is 97.9 cm³/mol. The molecule has 0 spiro atoms. The second-order valence-electron chi connectivity index (χ2n) is 5.09. The first-order valence-corrected chi connectivity index (χ1v) is 9.90. The zero-order valence-corrected chi connectivity index (χ0v) is 14.7. The normalized spacial score (nSPS) is 13.3. The Labute approximate surface area is 144 Å². The highest BCUT2D eigenvalue weighted by molar-refractivity contribution is 7.99. The number of carbonyl (C=O) groups excluding carboxylic acids is 1. The summed E-state index contributed by atoms with van der Waals surface area (Å²) >= 11 is 1.60. The quantitative estimate of drug-likeness (QED) is 0.797. The Kier molecular flexibility index (Phi) is 7.36. The van der Waals surface area contributed by atoms with Gasteiger partial charge in [-0.3, -0.25) is 9.00 Å². The number of nitrogens with one attached hydrogen (secondary N) is 1. The Bertz CT molecular complexity index is 632. The lowest BCUT2D eigenvalue weighted by Crippen LogP contribution is -2.33. The highest BCUT2D eigenvalue weighted by Gasteiger charge is 2.13.